The van der Waals surface area contributed by atoms with Crippen molar-refractivity contribution in [2.75, 3.05) is 19.8 Å². The minimum atomic E-state index is 0.268. The van der Waals surface area contributed by atoms with Crippen LogP contribution in [-0.2, 0) is 9.47 Å². The van der Waals surface area contributed by atoms with Crippen molar-refractivity contribution in [3.63, 3.8) is 0 Å². The molecule has 1 atom stereocenters. The topological polar surface area (TPSA) is 44.5 Å². The van der Waals surface area contributed by atoms with Gasteiger partial charge in [-0.3, -0.25) is 0 Å². The molecule has 11 heavy (non-hydrogen) atoms. The fraction of sp³-hybridized carbons (Fsp3) is 0.857. The van der Waals surface area contributed by atoms with Crippen LogP contribution in [0.1, 0.15) is 12.8 Å². The van der Waals surface area contributed by atoms with Crippen molar-refractivity contribution in [3.05, 3.63) is 0 Å². The molecule has 2 N–H and O–H groups in total. The van der Waals surface area contributed by atoms with E-state index < -0.39 is 0 Å². The molecular formula is C7H13NO2S. The number of hydrogen-bond donors (Lipinski definition) is 1. The molecule has 1 aliphatic heterocycles. The van der Waals surface area contributed by atoms with Gasteiger partial charge in [-0.1, -0.05) is 12.2 Å². The minimum Gasteiger partial charge on any atom is -0.391 e. The lowest BCUT2D eigenvalue weighted by atomic mass is 10.2. The number of ether oxygens (including phenoxy) is 2. The number of nitrogens with two attached hydrogens (primary N) is 1. The van der Waals surface area contributed by atoms with E-state index in [1.54, 1.807) is 0 Å². The van der Waals surface area contributed by atoms with E-state index in [0.717, 1.165) is 19.4 Å². The molecular weight excluding hydrogens is 162 g/mol. The van der Waals surface area contributed by atoms with Gasteiger partial charge in [0.15, 0.2) is 0 Å². The second kappa shape index (κ2) is 4.64. The van der Waals surface area contributed by atoms with Gasteiger partial charge in [0.25, 0.3) is 0 Å². The number of hydrogen-bond acceptors (Lipinski definition) is 3. The Morgan fingerprint density at radius 3 is 3.09 bits per heavy atom. The highest BCUT2D eigenvalue weighted by Gasteiger charge is 2.14. The van der Waals surface area contributed by atoms with E-state index in [0.29, 0.717) is 18.2 Å². The summed E-state index contributed by atoms with van der Waals surface area (Å²) in [6.45, 7) is 1.85. The van der Waals surface area contributed by atoms with Gasteiger partial charge in [0, 0.05) is 6.61 Å². The fourth-order valence-electron chi connectivity index (χ4n) is 1.07. The summed E-state index contributed by atoms with van der Waals surface area (Å²) in [5.41, 5.74) is 5.24. The average molecular weight is 175 g/mol. The lowest BCUT2D eigenvalue weighted by Gasteiger charge is -2.08. The summed E-state index contributed by atoms with van der Waals surface area (Å²) in [6.07, 6.45) is 2.50. The summed E-state index contributed by atoms with van der Waals surface area (Å²) in [4.78, 5) is 0.406. The molecule has 64 valence electrons. The predicted octanol–water partition coefficient (Wildman–Crippen LogP) is 0.468. The minimum absolute atomic E-state index is 0.268. The van der Waals surface area contributed by atoms with Gasteiger partial charge < -0.3 is 15.2 Å². The maximum atomic E-state index is 5.33. The zero-order valence-electron chi connectivity index (χ0n) is 6.41. The molecule has 3 nitrogen and oxygen atoms in total. The normalized spacial score (nSPS) is 23.8. The van der Waals surface area contributed by atoms with Crippen LogP contribution >= 0.6 is 12.2 Å². The molecule has 0 aromatic carbocycles. The van der Waals surface area contributed by atoms with Gasteiger partial charge in [0.1, 0.15) is 0 Å². The highest BCUT2D eigenvalue weighted by molar-refractivity contribution is 7.80. The van der Waals surface area contributed by atoms with E-state index in [1.165, 1.54) is 0 Å². The lowest BCUT2D eigenvalue weighted by molar-refractivity contribution is 0.0300. The molecule has 0 bridgehead atoms. The predicted molar refractivity (Wildman–Crippen MR) is 46.6 cm³/mol. The Morgan fingerprint density at radius 1 is 1.73 bits per heavy atom. The summed E-state index contributed by atoms with van der Waals surface area (Å²) in [7, 11) is 0. The van der Waals surface area contributed by atoms with Crippen LogP contribution in [0.4, 0.5) is 0 Å². The Labute approximate surface area is 71.8 Å². The van der Waals surface area contributed by atoms with Gasteiger partial charge in [-0.25, -0.2) is 0 Å². The highest BCUT2D eigenvalue weighted by atomic mass is 32.1. The van der Waals surface area contributed by atoms with Gasteiger partial charge >= 0.3 is 0 Å². The van der Waals surface area contributed by atoms with Crippen LogP contribution in [0.3, 0.4) is 0 Å². The van der Waals surface area contributed by atoms with Crippen LogP contribution in [0.2, 0.25) is 0 Å². The second-order valence-electron chi connectivity index (χ2n) is 2.62. The largest absolute Gasteiger partial charge is 0.391 e. The van der Waals surface area contributed by atoms with Crippen molar-refractivity contribution in [1.82, 2.24) is 0 Å². The van der Waals surface area contributed by atoms with Crippen molar-refractivity contribution in [1.29, 1.82) is 0 Å². The fourth-order valence-corrected chi connectivity index (χ4v) is 1.15. The molecule has 1 heterocycles. The van der Waals surface area contributed by atoms with Crippen LogP contribution in [-0.4, -0.2) is 30.9 Å². The summed E-state index contributed by atoms with van der Waals surface area (Å²) in [6, 6.07) is 0. The van der Waals surface area contributed by atoms with Gasteiger partial charge in [-0.05, 0) is 12.8 Å². The SMILES string of the molecule is NC(=S)COCC1CCCO1. The van der Waals surface area contributed by atoms with Gasteiger partial charge in [-0.2, -0.15) is 0 Å². The number of thiocarbonyl (C=S) groups is 1. The molecule has 0 amide bonds. The Morgan fingerprint density at radius 2 is 2.55 bits per heavy atom. The van der Waals surface area contributed by atoms with E-state index in [4.69, 9.17) is 15.2 Å². The molecule has 0 radical (unpaired) electrons. The van der Waals surface area contributed by atoms with Crippen LogP contribution in [0.15, 0.2) is 0 Å². The van der Waals surface area contributed by atoms with Crippen LogP contribution in [0.5, 0.6) is 0 Å². The Bertz CT molecular complexity index is 134. The standard InChI is InChI=1S/C7H13NO2S/c8-7(11)5-9-4-6-2-1-3-10-6/h6H,1-5H2,(H2,8,11). The molecule has 1 aliphatic rings. The molecule has 0 saturated carbocycles. The van der Waals surface area contributed by atoms with E-state index in [9.17, 15) is 0 Å². The average Bonchev–Trinajstić information content (AvgIpc) is 2.39. The molecule has 0 spiro atoms. The van der Waals surface area contributed by atoms with Crippen molar-refractivity contribution in [3.8, 4) is 0 Å². The lowest BCUT2D eigenvalue weighted by Crippen LogP contribution is -2.21. The zero-order valence-corrected chi connectivity index (χ0v) is 7.23. The molecule has 1 unspecified atom stereocenters. The third-order valence-electron chi connectivity index (χ3n) is 1.57. The van der Waals surface area contributed by atoms with Gasteiger partial charge in [0.05, 0.1) is 24.3 Å². The molecule has 1 saturated heterocycles. The van der Waals surface area contributed by atoms with Crippen molar-refractivity contribution in [2.45, 2.75) is 18.9 Å². The first-order valence-corrected chi connectivity index (χ1v) is 4.17. The van der Waals surface area contributed by atoms with Crippen molar-refractivity contribution in [2.24, 2.45) is 5.73 Å². The smallest absolute Gasteiger partial charge is 0.0989 e. The van der Waals surface area contributed by atoms with Gasteiger partial charge in [-0.15, -0.1) is 0 Å². The van der Waals surface area contributed by atoms with Gasteiger partial charge in [0.2, 0.25) is 0 Å². The monoisotopic (exact) mass is 175 g/mol. The Kier molecular flexibility index (Phi) is 3.76. The zero-order chi connectivity index (χ0) is 8.10. The van der Waals surface area contributed by atoms with Crippen molar-refractivity contribution < 1.29 is 9.47 Å². The van der Waals surface area contributed by atoms with E-state index in [2.05, 4.69) is 12.2 Å². The molecule has 1 rings (SSSR count). The first-order chi connectivity index (χ1) is 5.29. The first kappa shape index (κ1) is 8.90. The summed E-state index contributed by atoms with van der Waals surface area (Å²) < 4.78 is 10.5. The third-order valence-corrected chi connectivity index (χ3v) is 1.69. The van der Waals surface area contributed by atoms with Crippen molar-refractivity contribution >= 4 is 17.2 Å². The Hall–Kier alpha value is -0.190. The Balaban J connectivity index is 1.98. The highest BCUT2D eigenvalue weighted by Crippen LogP contribution is 2.11. The summed E-state index contributed by atoms with van der Waals surface area (Å²) in [5.74, 6) is 0. The van der Waals surface area contributed by atoms with Crippen LogP contribution < -0.4 is 5.73 Å². The molecule has 0 aromatic heterocycles. The molecule has 0 aromatic rings. The molecule has 4 heteroatoms. The maximum absolute atomic E-state index is 5.33. The number of rotatable bonds is 4. The molecule has 1 fully saturated rings. The summed E-state index contributed by atoms with van der Waals surface area (Å²) in [5, 5.41) is 0. The summed E-state index contributed by atoms with van der Waals surface area (Å²) >= 11 is 4.65. The first-order valence-electron chi connectivity index (χ1n) is 3.76. The van der Waals surface area contributed by atoms with E-state index in [1.807, 2.05) is 0 Å². The van der Waals surface area contributed by atoms with E-state index >= 15 is 0 Å². The van der Waals surface area contributed by atoms with Crippen LogP contribution in [0.25, 0.3) is 0 Å². The molecule has 0 aliphatic carbocycles. The maximum Gasteiger partial charge on any atom is 0.0989 e. The van der Waals surface area contributed by atoms with E-state index in [-0.39, 0.29) is 6.10 Å². The van der Waals surface area contributed by atoms with Crippen LogP contribution in [0, 0.1) is 0 Å². The second-order valence-corrected chi connectivity index (χ2v) is 3.14. The third kappa shape index (κ3) is 3.65. The quantitative estimate of drug-likeness (QED) is 0.631.